The first kappa shape index (κ1) is 74.0. The van der Waals surface area contributed by atoms with Crippen molar-refractivity contribution in [3.63, 3.8) is 0 Å². The Balaban J connectivity index is 4.49. The van der Waals surface area contributed by atoms with Gasteiger partial charge in [-0.15, -0.1) is 0 Å². The number of allylic oxidation sites excluding steroid dienone is 26. The molecule has 0 amide bonds. The van der Waals surface area contributed by atoms with E-state index >= 15 is 0 Å². The summed E-state index contributed by atoms with van der Waals surface area (Å²) in [5, 5.41) is 0. The minimum atomic E-state index is -0.819. The summed E-state index contributed by atoms with van der Waals surface area (Å²) < 4.78 is 16.9. The number of ether oxygens (including phenoxy) is 3. The van der Waals surface area contributed by atoms with Crippen LogP contribution in [0.3, 0.4) is 0 Å². The van der Waals surface area contributed by atoms with Gasteiger partial charge in [-0.3, -0.25) is 14.4 Å². The number of carbonyl (C=O) groups excluding carboxylic acids is 3. The molecule has 0 saturated heterocycles. The number of carbonyl (C=O) groups is 3. The van der Waals surface area contributed by atoms with Crippen molar-refractivity contribution in [1.82, 2.24) is 0 Å². The molecular weight excluding hydrogens is 973 g/mol. The lowest BCUT2D eigenvalue weighted by Crippen LogP contribution is -2.30. The van der Waals surface area contributed by atoms with Crippen molar-refractivity contribution >= 4 is 17.9 Å². The molecule has 0 aromatic carbocycles. The van der Waals surface area contributed by atoms with Gasteiger partial charge < -0.3 is 14.2 Å². The molecule has 0 aromatic rings. The van der Waals surface area contributed by atoms with Crippen molar-refractivity contribution < 1.29 is 28.6 Å². The second-order valence-corrected chi connectivity index (χ2v) is 20.5. The zero-order valence-corrected chi connectivity index (χ0v) is 50.8. The lowest BCUT2D eigenvalue weighted by Gasteiger charge is -2.18. The van der Waals surface area contributed by atoms with Crippen LogP contribution in [0.25, 0.3) is 0 Å². The number of hydrogen-bond donors (Lipinski definition) is 0. The monoisotopic (exact) mass is 1090 g/mol. The van der Waals surface area contributed by atoms with E-state index in [2.05, 4.69) is 179 Å². The molecule has 0 aromatic heterocycles. The SMILES string of the molecule is CC/C=C\C/C=C\C/C=C\C/C=C\C/C=C\C/C=C\CCCCC(=O)OC(COC(=O)CCCCCCC/C=C\C/C=C\CCCCC)COC(=O)CCCCCCCCCCC/C=C\C/C=C\C/C=C\C/C=C\C/C=C\CC. The maximum Gasteiger partial charge on any atom is 0.306 e. The standard InChI is InChI=1S/C73H116O6/c1-4-7-10-13-16-19-22-25-28-30-32-34-35-36-37-39-40-42-45-48-51-54-57-60-63-66-72(75)78-69-70(68-77-71(74)65-62-59-56-53-50-47-44-27-24-21-18-15-12-9-6-3)79-73(76)67-64-61-58-55-52-49-46-43-41-38-33-31-29-26-23-20-17-14-11-8-5-2/h7-8,10-11,16-21,25-29,32-34,36-38,43-44,46,52,55,70H,4-6,9,12-15,22-24,30-31,35,39-42,45,47-51,53-54,56-69H2,1-3H3/b10-7-,11-8-,19-16-,20-17-,21-18-,28-25-,29-26-,34-32-,37-36-,38-33-,44-27-,46-43-,55-52-. The van der Waals surface area contributed by atoms with E-state index in [4.69, 9.17) is 14.2 Å². The summed E-state index contributed by atoms with van der Waals surface area (Å²) in [5.74, 6) is -0.976. The van der Waals surface area contributed by atoms with Gasteiger partial charge in [0.2, 0.25) is 0 Å². The zero-order chi connectivity index (χ0) is 57.1. The van der Waals surface area contributed by atoms with Crippen LogP contribution in [0.15, 0.2) is 158 Å². The normalized spacial score (nSPS) is 13.2. The van der Waals surface area contributed by atoms with E-state index in [9.17, 15) is 14.4 Å². The molecule has 0 fully saturated rings. The van der Waals surface area contributed by atoms with Crippen LogP contribution in [0.1, 0.15) is 265 Å². The molecule has 0 radical (unpaired) electrons. The van der Waals surface area contributed by atoms with Gasteiger partial charge in [0.1, 0.15) is 13.2 Å². The van der Waals surface area contributed by atoms with Crippen LogP contribution >= 0.6 is 0 Å². The fourth-order valence-electron chi connectivity index (χ4n) is 8.27. The summed E-state index contributed by atoms with van der Waals surface area (Å²) in [6, 6.07) is 0. The molecule has 0 aliphatic heterocycles. The molecule has 0 saturated carbocycles. The van der Waals surface area contributed by atoms with Crippen molar-refractivity contribution in [2.24, 2.45) is 0 Å². The minimum Gasteiger partial charge on any atom is -0.462 e. The number of esters is 3. The first-order valence-electron chi connectivity index (χ1n) is 32.0. The van der Waals surface area contributed by atoms with Crippen molar-refractivity contribution in [2.75, 3.05) is 13.2 Å². The van der Waals surface area contributed by atoms with Crippen molar-refractivity contribution in [2.45, 2.75) is 271 Å². The van der Waals surface area contributed by atoms with Crippen LogP contribution in [-0.2, 0) is 28.6 Å². The van der Waals surface area contributed by atoms with Gasteiger partial charge in [0, 0.05) is 19.3 Å². The minimum absolute atomic E-state index is 0.110. The van der Waals surface area contributed by atoms with E-state index in [0.717, 1.165) is 154 Å². The van der Waals surface area contributed by atoms with Crippen LogP contribution in [0.4, 0.5) is 0 Å². The predicted octanol–water partition coefficient (Wildman–Crippen LogP) is 22.1. The predicted molar refractivity (Wildman–Crippen MR) is 343 cm³/mol. The van der Waals surface area contributed by atoms with Crippen LogP contribution < -0.4 is 0 Å². The Labute approximate surface area is 486 Å². The van der Waals surface area contributed by atoms with E-state index < -0.39 is 6.10 Å². The smallest absolute Gasteiger partial charge is 0.306 e. The van der Waals surface area contributed by atoms with Crippen molar-refractivity contribution in [3.05, 3.63) is 158 Å². The molecule has 0 aliphatic carbocycles. The lowest BCUT2D eigenvalue weighted by atomic mass is 10.1. The Bertz CT molecular complexity index is 1780. The molecule has 1 atom stereocenters. The van der Waals surface area contributed by atoms with Gasteiger partial charge in [-0.25, -0.2) is 0 Å². The summed E-state index contributed by atoms with van der Waals surface area (Å²) in [7, 11) is 0. The number of rotatable bonds is 56. The average molecular weight is 1090 g/mol. The van der Waals surface area contributed by atoms with Crippen LogP contribution in [0, 0.1) is 0 Å². The third kappa shape index (κ3) is 63.7. The quantitative estimate of drug-likeness (QED) is 0.0261. The Morgan fingerprint density at radius 1 is 0.266 bits per heavy atom. The summed E-state index contributed by atoms with van der Waals surface area (Å²) in [6.45, 7) is 6.33. The van der Waals surface area contributed by atoms with Gasteiger partial charge in [-0.05, 0) is 148 Å². The van der Waals surface area contributed by atoms with E-state index in [0.29, 0.717) is 19.3 Å². The van der Waals surface area contributed by atoms with Gasteiger partial charge in [-0.2, -0.15) is 0 Å². The lowest BCUT2D eigenvalue weighted by molar-refractivity contribution is -0.167. The van der Waals surface area contributed by atoms with Crippen LogP contribution in [0.2, 0.25) is 0 Å². The highest BCUT2D eigenvalue weighted by atomic mass is 16.6. The van der Waals surface area contributed by atoms with E-state index in [1.54, 1.807) is 0 Å². The Morgan fingerprint density at radius 2 is 0.494 bits per heavy atom. The van der Waals surface area contributed by atoms with Gasteiger partial charge in [0.15, 0.2) is 6.10 Å². The van der Waals surface area contributed by atoms with Crippen LogP contribution in [0.5, 0.6) is 0 Å². The van der Waals surface area contributed by atoms with Gasteiger partial charge in [-0.1, -0.05) is 256 Å². The van der Waals surface area contributed by atoms with Gasteiger partial charge >= 0.3 is 17.9 Å². The Hall–Kier alpha value is -4.97. The third-order valence-corrected chi connectivity index (χ3v) is 13.0. The maximum atomic E-state index is 12.9. The number of hydrogen-bond acceptors (Lipinski definition) is 6. The molecule has 6 heteroatoms. The summed E-state index contributed by atoms with van der Waals surface area (Å²) in [5.41, 5.74) is 0. The van der Waals surface area contributed by atoms with E-state index in [1.165, 1.54) is 64.2 Å². The van der Waals surface area contributed by atoms with E-state index in [1.807, 2.05) is 0 Å². The first-order valence-corrected chi connectivity index (χ1v) is 32.0. The zero-order valence-electron chi connectivity index (χ0n) is 50.8. The second kappa shape index (κ2) is 65.5. The van der Waals surface area contributed by atoms with Gasteiger partial charge in [0.25, 0.3) is 0 Å². The molecule has 0 rings (SSSR count). The second-order valence-electron chi connectivity index (χ2n) is 20.5. The average Bonchev–Trinajstić information content (AvgIpc) is 3.45. The highest BCUT2D eigenvalue weighted by molar-refractivity contribution is 5.71. The highest BCUT2D eigenvalue weighted by Crippen LogP contribution is 2.14. The molecule has 0 bridgehead atoms. The molecule has 0 spiro atoms. The summed E-state index contributed by atoms with van der Waals surface area (Å²) >= 11 is 0. The molecule has 0 N–H and O–H groups in total. The fraction of sp³-hybridized carbons (Fsp3) is 0.603. The molecule has 0 heterocycles. The molecular formula is C73H116O6. The third-order valence-electron chi connectivity index (χ3n) is 13.0. The van der Waals surface area contributed by atoms with Crippen molar-refractivity contribution in [1.29, 1.82) is 0 Å². The van der Waals surface area contributed by atoms with Gasteiger partial charge in [0.05, 0.1) is 0 Å². The molecule has 79 heavy (non-hydrogen) atoms. The Kier molecular flexibility index (Phi) is 61.4. The maximum absolute atomic E-state index is 12.9. The molecule has 6 nitrogen and oxygen atoms in total. The van der Waals surface area contributed by atoms with E-state index in [-0.39, 0.29) is 37.5 Å². The van der Waals surface area contributed by atoms with Crippen molar-refractivity contribution in [3.8, 4) is 0 Å². The molecule has 444 valence electrons. The topological polar surface area (TPSA) is 78.9 Å². The van der Waals surface area contributed by atoms with Crippen LogP contribution in [-0.4, -0.2) is 37.2 Å². The molecule has 0 aliphatic rings. The largest absolute Gasteiger partial charge is 0.462 e. The number of unbranched alkanes of at least 4 members (excludes halogenated alkanes) is 19. The summed E-state index contributed by atoms with van der Waals surface area (Å²) in [4.78, 5) is 38.3. The fourth-order valence-corrected chi connectivity index (χ4v) is 8.27. The molecule has 1 unspecified atom stereocenters. The first-order chi connectivity index (χ1) is 39.0. The summed E-state index contributed by atoms with van der Waals surface area (Å²) in [6.07, 6.45) is 95.3. The highest BCUT2D eigenvalue weighted by Gasteiger charge is 2.19. The Morgan fingerprint density at radius 3 is 0.797 bits per heavy atom.